The van der Waals surface area contributed by atoms with Crippen molar-refractivity contribution < 1.29 is 18.3 Å². The van der Waals surface area contributed by atoms with Crippen LogP contribution in [0.15, 0.2) is 24.3 Å². The molecular formula is C14H20N2O4S. The normalized spacial score (nSPS) is 20.3. The van der Waals surface area contributed by atoms with Crippen LogP contribution in [-0.2, 0) is 16.8 Å². The second-order valence-electron chi connectivity index (χ2n) is 5.43. The highest BCUT2D eigenvalue weighted by Gasteiger charge is 2.26. The maximum atomic E-state index is 12.2. The van der Waals surface area contributed by atoms with E-state index < -0.39 is 16.2 Å². The summed E-state index contributed by atoms with van der Waals surface area (Å²) in [5.41, 5.74) is 0.917. The van der Waals surface area contributed by atoms with Crippen LogP contribution in [0.1, 0.15) is 35.7 Å². The van der Waals surface area contributed by atoms with Crippen molar-refractivity contribution >= 4 is 16.2 Å². The number of benzene rings is 1. The van der Waals surface area contributed by atoms with Crippen LogP contribution < -0.4 is 4.72 Å². The van der Waals surface area contributed by atoms with E-state index in [1.807, 2.05) is 6.92 Å². The van der Waals surface area contributed by atoms with Crippen LogP contribution in [-0.4, -0.2) is 36.9 Å². The van der Waals surface area contributed by atoms with E-state index in [2.05, 4.69) is 4.72 Å². The van der Waals surface area contributed by atoms with Gasteiger partial charge < -0.3 is 5.11 Å². The third kappa shape index (κ3) is 4.26. The molecule has 1 fully saturated rings. The largest absolute Gasteiger partial charge is 0.478 e. The second-order valence-corrected chi connectivity index (χ2v) is 7.19. The molecule has 1 heterocycles. The van der Waals surface area contributed by atoms with Gasteiger partial charge in [-0.2, -0.15) is 17.4 Å². The standard InChI is InChI=1S/C14H20N2O4S/c1-11-3-2-8-16(10-11)21(19,20)15-9-12-4-6-13(7-5-12)14(17)18/h4-7,11,15H,2-3,8-10H2,1H3,(H,17,18). The molecule has 2 N–H and O–H groups in total. The Morgan fingerprint density at radius 1 is 1.38 bits per heavy atom. The van der Waals surface area contributed by atoms with E-state index in [0.717, 1.165) is 18.4 Å². The molecule has 21 heavy (non-hydrogen) atoms. The summed E-state index contributed by atoms with van der Waals surface area (Å²) in [6.07, 6.45) is 1.94. The van der Waals surface area contributed by atoms with Gasteiger partial charge in [-0.15, -0.1) is 0 Å². The topological polar surface area (TPSA) is 86.7 Å². The third-order valence-corrected chi connectivity index (χ3v) is 5.14. The van der Waals surface area contributed by atoms with E-state index in [-0.39, 0.29) is 12.1 Å². The molecule has 116 valence electrons. The van der Waals surface area contributed by atoms with Gasteiger partial charge in [-0.05, 0) is 36.5 Å². The monoisotopic (exact) mass is 312 g/mol. The first-order valence-electron chi connectivity index (χ1n) is 6.95. The zero-order chi connectivity index (χ0) is 15.5. The summed E-state index contributed by atoms with van der Waals surface area (Å²) < 4.78 is 28.4. The number of nitrogens with one attached hydrogen (secondary N) is 1. The molecule has 1 unspecified atom stereocenters. The number of carboxylic acids is 1. The molecule has 1 aliphatic heterocycles. The van der Waals surface area contributed by atoms with E-state index >= 15 is 0 Å². The van der Waals surface area contributed by atoms with E-state index in [1.54, 1.807) is 12.1 Å². The van der Waals surface area contributed by atoms with Gasteiger partial charge in [0.1, 0.15) is 0 Å². The molecule has 0 bridgehead atoms. The van der Waals surface area contributed by atoms with E-state index in [0.29, 0.717) is 19.0 Å². The van der Waals surface area contributed by atoms with Crippen molar-refractivity contribution in [3.05, 3.63) is 35.4 Å². The number of rotatable bonds is 5. The lowest BCUT2D eigenvalue weighted by Gasteiger charge is -2.29. The average molecular weight is 312 g/mol. The second kappa shape index (κ2) is 6.55. The summed E-state index contributed by atoms with van der Waals surface area (Å²) in [6.45, 7) is 3.31. The van der Waals surface area contributed by atoms with E-state index in [1.165, 1.54) is 16.4 Å². The molecule has 0 spiro atoms. The highest BCUT2D eigenvalue weighted by molar-refractivity contribution is 7.87. The molecule has 7 heteroatoms. The number of carbonyl (C=O) groups is 1. The zero-order valence-corrected chi connectivity index (χ0v) is 12.8. The molecule has 0 amide bonds. The van der Waals surface area contributed by atoms with Gasteiger partial charge in [0.25, 0.3) is 10.2 Å². The van der Waals surface area contributed by atoms with Gasteiger partial charge in [-0.25, -0.2) is 4.79 Å². The predicted molar refractivity (Wildman–Crippen MR) is 79.1 cm³/mol. The molecule has 1 atom stereocenters. The van der Waals surface area contributed by atoms with Crippen LogP contribution in [0.5, 0.6) is 0 Å². The van der Waals surface area contributed by atoms with Crippen molar-refractivity contribution in [1.29, 1.82) is 0 Å². The first kappa shape index (κ1) is 15.9. The van der Waals surface area contributed by atoms with Crippen LogP contribution in [0.25, 0.3) is 0 Å². The van der Waals surface area contributed by atoms with Gasteiger partial charge in [-0.1, -0.05) is 19.1 Å². The lowest BCUT2D eigenvalue weighted by atomic mass is 10.0. The van der Waals surface area contributed by atoms with Crippen molar-refractivity contribution in [3.63, 3.8) is 0 Å². The zero-order valence-electron chi connectivity index (χ0n) is 11.9. The number of piperidine rings is 1. The summed E-state index contributed by atoms with van der Waals surface area (Å²) in [5.74, 6) is -0.616. The van der Waals surface area contributed by atoms with Gasteiger partial charge in [0.05, 0.1) is 5.56 Å². The predicted octanol–water partition coefficient (Wildman–Crippen LogP) is 1.45. The quantitative estimate of drug-likeness (QED) is 0.861. The van der Waals surface area contributed by atoms with Crippen LogP contribution in [0, 0.1) is 5.92 Å². The van der Waals surface area contributed by atoms with Gasteiger partial charge in [0.15, 0.2) is 0 Å². The van der Waals surface area contributed by atoms with Crippen molar-refractivity contribution in [3.8, 4) is 0 Å². The molecule has 1 aromatic rings. The minimum absolute atomic E-state index is 0.160. The fourth-order valence-electron chi connectivity index (χ4n) is 2.40. The number of nitrogens with zero attached hydrogens (tertiary/aromatic N) is 1. The summed E-state index contributed by atoms with van der Waals surface area (Å²) >= 11 is 0. The van der Waals surface area contributed by atoms with E-state index in [9.17, 15) is 13.2 Å². The van der Waals surface area contributed by atoms with Crippen LogP contribution in [0.2, 0.25) is 0 Å². The molecular weight excluding hydrogens is 292 g/mol. The van der Waals surface area contributed by atoms with Crippen LogP contribution in [0.3, 0.4) is 0 Å². The van der Waals surface area contributed by atoms with Gasteiger partial charge >= 0.3 is 5.97 Å². The smallest absolute Gasteiger partial charge is 0.335 e. The summed E-state index contributed by atoms with van der Waals surface area (Å²) in [4.78, 5) is 10.7. The van der Waals surface area contributed by atoms with Gasteiger partial charge in [-0.3, -0.25) is 0 Å². The average Bonchev–Trinajstić information content (AvgIpc) is 2.45. The van der Waals surface area contributed by atoms with E-state index in [4.69, 9.17) is 5.11 Å². The first-order chi connectivity index (χ1) is 9.88. The van der Waals surface area contributed by atoms with Crippen LogP contribution in [0.4, 0.5) is 0 Å². The molecule has 0 saturated carbocycles. The first-order valence-corrected chi connectivity index (χ1v) is 8.39. The molecule has 1 saturated heterocycles. The van der Waals surface area contributed by atoms with Crippen molar-refractivity contribution in [2.45, 2.75) is 26.3 Å². The Hall–Kier alpha value is -1.44. The highest BCUT2D eigenvalue weighted by atomic mass is 32.2. The molecule has 0 radical (unpaired) electrons. The Balaban J connectivity index is 1.96. The van der Waals surface area contributed by atoms with Crippen molar-refractivity contribution in [2.75, 3.05) is 13.1 Å². The number of hydrogen-bond donors (Lipinski definition) is 2. The fraction of sp³-hybridized carbons (Fsp3) is 0.500. The van der Waals surface area contributed by atoms with Gasteiger partial charge in [0.2, 0.25) is 0 Å². The Morgan fingerprint density at radius 2 is 2.05 bits per heavy atom. The summed E-state index contributed by atoms with van der Waals surface area (Å²) in [6, 6.07) is 6.17. The minimum atomic E-state index is -3.47. The SMILES string of the molecule is CC1CCCN(S(=O)(=O)NCc2ccc(C(=O)O)cc2)C1. The molecule has 6 nitrogen and oxygen atoms in total. The minimum Gasteiger partial charge on any atom is -0.478 e. The maximum absolute atomic E-state index is 12.2. The Labute approximate surface area is 125 Å². The fourth-order valence-corrected chi connectivity index (χ4v) is 3.75. The molecule has 0 aliphatic carbocycles. The Bertz CT molecular complexity index is 598. The lowest BCUT2D eigenvalue weighted by Crippen LogP contribution is -2.45. The van der Waals surface area contributed by atoms with Gasteiger partial charge in [0, 0.05) is 19.6 Å². The van der Waals surface area contributed by atoms with Crippen molar-refractivity contribution in [2.24, 2.45) is 5.92 Å². The molecule has 1 aliphatic rings. The molecule has 1 aromatic carbocycles. The third-order valence-electron chi connectivity index (χ3n) is 3.62. The molecule has 0 aromatic heterocycles. The van der Waals surface area contributed by atoms with Crippen LogP contribution >= 0.6 is 0 Å². The Kier molecular flexibility index (Phi) is 4.97. The highest BCUT2D eigenvalue weighted by Crippen LogP contribution is 2.17. The summed E-state index contributed by atoms with van der Waals surface area (Å²) in [7, 11) is -3.47. The number of carboxylic acid groups (broad SMARTS) is 1. The van der Waals surface area contributed by atoms with Crippen molar-refractivity contribution in [1.82, 2.24) is 9.03 Å². The lowest BCUT2D eigenvalue weighted by molar-refractivity contribution is 0.0697. The maximum Gasteiger partial charge on any atom is 0.335 e. The number of aromatic carboxylic acids is 1. The summed E-state index contributed by atoms with van der Waals surface area (Å²) in [5, 5.41) is 8.81. The Morgan fingerprint density at radius 3 is 2.62 bits per heavy atom. The number of hydrogen-bond acceptors (Lipinski definition) is 3. The molecule has 2 rings (SSSR count).